The fourth-order valence-electron chi connectivity index (χ4n) is 5.73. The van der Waals surface area contributed by atoms with Crippen molar-refractivity contribution >= 4 is 11.7 Å². The van der Waals surface area contributed by atoms with Gasteiger partial charge in [0.1, 0.15) is 12.1 Å². The lowest BCUT2D eigenvalue weighted by atomic mass is 9.96. The second-order valence-corrected chi connectivity index (χ2v) is 11.5. The molecule has 9 nitrogen and oxygen atoms in total. The minimum absolute atomic E-state index is 0.0281. The third kappa shape index (κ3) is 4.79. The van der Waals surface area contributed by atoms with Gasteiger partial charge in [-0.1, -0.05) is 18.2 Å². The zero-order valence-electron chi connectivity index (χ0n) is 23.2. The number of aryl methyl sites for hydroxylation is 1. The van der Waals surface area contributed by atoms with Crippen molar-refractivity contribution < 1.29 is 9.53 Å². The Morgan fingerprint density at radius 2 is 1.95 bits per heavy atom. The second kappa shape index (κ2) is 9.91. The molecule has 0 saturated heterocycles. The van der Waals surface area contributed by atoms with Gasteiger partial charge in [-0.25, -0.2) is 4.98 Å². The minimum Gasteiger partial charge on any atom is -0.383 e. The SMILES string of the molecule is COCC1(NCc2ccc3c(c2)C(=O)N(c2cc(-c4ccc(C#N)cc4-c4nncn4C)cc(C4CC4)n2)C3)CC1. The molecule has 2 aliphatic carbocycles. The van der Waals surface area contributed by atoms with Crippen molar-refractivity contribution in [3.8, 4) is 28.6 Å². The monoisotopic (exact) mass is 545 g/mol. The molecule has 2 aromatic heterocycles. The third-order valence-electron chi connectivity index (χ3n) is 8.44. The number of nitrogens with one attached hydrogen (secondary N) is 1. The van der Waals surface area contributed by atoms with Crippen molar-refractivity contribution in [2.24, 2.45) is 7.05 Å². The molecular weight excluding hydrogens is 514 g/mol. The highest BCUT2D eigenvalue weighted by Crippen LogP contribution is 2.43. The number of nitriles is 1. The Hall–Kier alpha value is -4.39. The third-order valence-corrected chi connectivity index (χ3v) is 8.44. The summed E-state index contributed by atoms with van der Waals surface area (Å²) in [5.74, 6) is 1.69. The van der Waals surface area contributed by atoms with Crippen LogP contribution in [0.1, 0.15) is 64.3 Å². The molecule has 1 aliphatic heterocycles. The number of nitrogens with zero attached hydrogens (tertiary/aromatic N) is 6. The molecule has 0 bridgehead atoms. The largest absolute Gasteiger partial charge is 0.383 e. The van der Waals surface area contributed by atoms with Crippen LogP contribution in [-0.2, 0) is 24.9 Å². The first-order chi connectivity index (χ1) is 20.0. The molecule has 0 spiro atoms. The second-order valence-electron chi connectivity index (χ2n) is 11.5. The number of hydrogen-bond acceptors (Lipinski definition) is 7. The molecule has 3 aliphatic rings. The molecule has 0 radical (unpaired) electrons. The van der Waals surface area contributed by atoms with Crippen molar-refractivity contribution in [2.75, 3.05) is 18.6 Å². The molecule has 0 unspecified atom stereocenters. The van der Waals surface area contributed by atoms with Gasteiger partial charge in [-0.15, -0.1) is 10.2 Å². The van der Waals surface area contributed by atoms with E-state index >= 15 is 0 Å². The summed E-state index contributed by atoms with van der Waals surface area (Å²) in [5, 5.41) is 21.6. The maximum atomic E-state index is 13.8. The molecule has 3 heterocycles. The summed E-state index contributed by atoms with van der Waals surface area (Å²) in [7, 11) is 3.62. The summed E-state index contributed by atoms with van der Waals surface area (Å²) in [6, 6.07) is 18.2. The average Bonchev–Trinajstić information content (AvgIpc) is 3.92. The Labute approximate surface area is 238 Å². The van der Waals surface area contributed by atoms with E-state index in [0.29, 0.717) is 42.8 Å². The van der Waals surface area contributed by atoms with Gasteiger partial charge in [0, 0.05) is 49.0 Å². The van der Waals surface area contributed by atoms with Crippen LogP contribution in [0.3, 0.4) is 0 Å². The Balaban J connectivity index is 1.23. The standard InChI is InChI=1S/C32H31N7O2/c1-38-19-35-37-30(38)27-11-20(15-33)4-8-25(27)24-13-28(22-6-7-22)36-29(14-24)39-17-23-5-3-21(12-26(23)31(39)40)16-34-32(9-10-32)18-41-2/h3-5,8,11-14,19,22,34H,6-7,9-10,16-18H2,1-2H3. The fourth-order valence-corrected chi connectivity index (χ4v) is 5.73. The number of carbonyl (C=O) groups is 1. The molecule has 2 aromatic carbocycles. The first-order valence-electron chi connectivity index (χ1n) is 14.1. The number of rotatable bonds is 9. The van der Waals surface area contributed by atoms with E-state index in [4.69, 9.17) is 9.72 Å². The number of hydrogen-bond donors (Lipinski definition) is 1. The lowest BCUT2D eigenvalue weighted by Crippen LogP contribution is -2.35. The summed E-state index contributed by atoms with van der Waals surface area (Å²) in [5.41, 5.74) is 7.14. The van der Waals surface area contributed by atoms with Crippen molar-refractivity contribution in [3.05, 3.63) is 82.8 Å². The average molecular weight is 546 g/mol. The van der Waals surface area contributed by atoms with Crippen LogP contribution in [-0.4, -0.2) is 44.9 Å². The zero-order valence-corrected chi connectivity index (χ0v) is 23.2. The van der Waals surface area contributed by atoms with Gasteiger partial charge in [0.25, 0.3) is 5.91 Å². The number of fused-ring (bicyclic) bond motifs is 1. The summed E-state index contributed by atoms with van der Waals surface area (Å²) < 4.78 is 7.22. The van der Waals surface area contributed by atoms with E-state index in [-0.39, 0.29) is 11.4 Å². The van der Waals surface area contributed by atoms with E-state index in [0.717, 1.165) is 64.8 Å². The minimum atomic E-state index is -0.0281. The van der Waals surface area contributed by atoms with Gasteiger partial charge >= 0.3 is 0 Å². The van der Waals surface area contributed by atoms with Gasteiger partial charge in [-0.3, -0.25) is 9.69 Å². The van der Waals surface area contributed by atoms with Gasteiger partial charge in [0.05, 0.1) is 24.8 Å². The van der Waals surface area contributed by atoms with Gasteiger partial charge in [-0.2, -0.15) is 5.26 Å². The summed E-state index contributed by atoms with van der Waals surface area (Å²) in [6.07, 6.45) is 6.06. The van der Waals surface area contributed by atoms with E-state index in [2.05, 4.69) is 39.8 Å². The number of benzene rings is 2. The predicted molar refractivity (Wildman–Crippen MR) is 154 cm³/mol. The highest BCUT2D eigenvalue weighted by atomic mass is 16.5. The normalized spacial score (nSPS) is 17.0. The highest BCUT2D eigenvalue weighted by Gasteiger charge is 2.42. The molecule has 9 heteroatoms. The van der Waals surface area contributed by atoms with Crippen LogP contribution in [0.4, 0.5) is 5.82 Å². The molecule has 1 amide bonds. The predicted octanol–water partition coefficient (Wildman–Crippen LogP) is 4.72. The van der Waals surface area contributed by atoms with Gasteiger partial charge in [0.2, 0.25) is 0 Å². The number of pyridine rings is 1. The maximum absolute atomic E-state index is 13.8. The number of methoxy groups -OCH3 is 1. The smallest absolute Gasteiger partial charge is 0.260 e. The summed E-state index contributed by atoms with van der Waals surface area (Å²) in [6.45, 7) is 1.89. The van der Waals surface area contributed by atoms with E-state index < -0.39 is 0 Å². The van der Waals surface area contributed by atoms with Crippen molar-refractivity contribution in [3.63, 3.8) is 0 Å². The molecule has 41 heavy (non-hydrogen) atoms. The summed E-state index contributed by atoms with van der Waals surface area (Å²) >= 11 is 0. The first kappa shape index (κ1) is 25.6. The quantitative estimate of drug-likeness (QED) is 0.324. The molecular formula is C32H31N7O2. The zero-order chi connectivity index (χ0) is 28.1. The summed E-state index contributed by atoms with van der Waals surface area (Å²) in [4.78, 5) is 20.6. The number of carbonyl (C=O) groups excluding carboxylic acids is 1. The molecule has 2 fully saturated rings. The number of ether oxygens (including phenoxy) is 1. The first-order valence-corrected chi connectivity index (χ1v) is 14.1. The van der Waals surface area contributed by atoms with Crippen LogP contribution in [0, 0.1) is 11.3 Å². The van der Waals surface area contributed by atoms with E-state index in [1.165, 1.54) is 0 Å². The maximum Gasteiger partial charge on any atom is 0.260 e. The van der Waals surface area contributed by atoms with Crippen LogP contribution in [0.2, 0.25) is 0 Å². The van der Waals surface area contributed by atoms with Crippen molar-refractivity contribution in [2.45, 2.75) is 50.2 Å². The Bertz CT molecular complexity index is 1710. The molecule has 2 saturated carbocycles. The topological polar surface area (TPSA) is 109 Å². The van der Waals surface area contributed by atoms with E-state index in [1.54, 1.807) is 18.3 Å². The van der Waals surface area contributed by atoms with Crippen molar-refractivity contribution in [1.29, 1.82) is 5.26 Å². The number of aromatic nitrogens is 4. The fraction of sp³-hybridized carbons (Fsp3) is 0.344. The molecule has 4 aromatic rings. The number of anilines is 1. The Kier molecular flexibility index (Phi) is 6.18. The van der Waals surface area contributed by atoms with Crippen molar-refractivity contribution in [1.82, 2.24) is 25.1 Å². The van der Waals surface area contributed by atoms with Crippen LogP contribution in [0.25, 0.3) is 22.5 Å². The van der Waals surface area contributed by atoms with Crippen LogP contribution in [0.15, 0.2) is 54.9 Å². The molecule has 206 valence electrons. The number of amides is 1. The van der Waals surface area contributed by atoms with Gasteiger partial charge in [-0.05, 0) is 78.3 Å². The van der Waals surface area contributed by atoms with Crippen LogP contribution >= 0.6 is 0 Å². The lowest BCUT2D eigenvalue weighted by Gasteiger charge is -2.18. The van der Waals surface area contributed by atoms with Gasteiger partial charge < -0.3 is 14.6 Å². The molecule has 0 atom stereocenters. The van der Waals surface area contributed by atoms with E-state index in [9.17, 15) is 10.1 Å². The van der Waals surface area contributed by atoms with Crippen LogP contribution < -0.4 is 10.2 Å². The van der Waals surface area contributed by atoms with Gasteiger partial charge in [0.15, 0.2) is 5.82 Å². The Morgan fingerprint density at radius 1 is 1.10 bits per heavy atom. The van der Waals surface area contributed by atoms with Crippen LogP contribution in [0.5, 0.6) is 0 Å². The Morgan fingerprint density at radius 3 is 2.66 bits per heavy atom. The molecule has 7 rings (SSSR count). The molecule has 1 N–H and O–H groups in total. The highest BCUT2D eigenvalue weighted by molar-refractivity contribution is 6.10. The lowest BCUT2D eigenvalue weighted by molar-refractivity contribution is 0.0996. The van der Waals surface area contributed by atoms with E-state index in [1.807, 2.05) is 41.9 Å².